The van der Waals surface area contributed by atoms with E-state index < -0.39 is 10.0 Å². The van der Waals surface area contributed by atoms with Crippen LogP contribution in [0.1, 0.15) is 38.5 Å². The van der Waals surface area contributed by atoms with Crippen LogP contribution in [0.3, 0.4) is 0 Å². The number of amides is 1. The molecule has 3 aromatic rings. The second-order valence-corrected chi connectivity index (χ2v) is 11.1. The first-order valence-electron chi connectivity index (χ1n) is 12.1. The smallest absolute Gasteiger partial charge is 0.243 e. The second kappa shape index (κ2) is 11.8. The molecule has 2 N–H and O–H groups in total. The maximum absolute atomic E-state index is 13.4. The van der Waals surface area contributed by atoms with E-state index in [1.807, 2.05) is 24.3 Å². The van der Waals surface area contributed by atoms with Gasteiger partial charge in [0.1, 0.15) is 0 Å². The summed E-state index contributed by atoms with van der Waals surface area (Å²) in [5, 5.41) is 7.89. The van der Waals surface area contributed by atoms with E-state index in [1.165, 1.54) is 4.31 Å². The van der Waals surface area contributed by atoms with E-state index >= 15 is 0 Å². The summed E-state index contributed by atoms with van der Waals surface area (Å²) in [5.41, 5.74) is 1.77. The molecule has 1 aromatic heterocycles. The van der Waals surface area contributed by atoms with E-state index in [0.717, 1.165) is 48.7 Å². The fourth-order valence-electron chi connectivity index (χ4n) is 4.52. The van der Waals surface area contributed by atoms with Gasteiger partial charge in [-0.1, -0.05) is 49.1 Å². The summed E-state index contributed by atoms with van der Waals surface area (Å²) >= 11 is 6.05. The lowest BCUT2D eigenvalue weighted by atomic mass is 9.95. The van der Waals surface area contributed by atoms with Crippen LogP contribution in [0.4, 0.5) is 5.69 Å². The number of benzene rings is 2. The van der Waals surface area contributed by atoms with Gasteiger partial charge in [0.05, 0.1) is 17.0 Å². The number of nitrogens with zero attached hydrogens (tertiary/aromatic N) is 2. The number of fused-ring (bicyclic) bond motifs is 1. The summed E-state index contributed by atoms with van der Waals surface area (Å²) in [6.07, 6.45) is 7.06. The van der Waals surface area contributed by atoms with Crippen molar-refractivity contribution in [1.29, 1.82) is 0 Å². The standard InChI is InChI=1S/C26H31ClN4O3S/c27-20-12-13-23-24(14-17-29-25(23)18-20)28-15-7-16-30-26(32)19-31(21-8-3-1-4-9-21)35(33,34)22-10-5-2-6-11-22/h2,5-6,10-14,17-18,21H,1,3-4,7-9,15-16,19H2,(H,28,29)(H,30,32). The van der Waals surface area contributed by atoms with Crippen LogP contribution in [0, 0.1) is 0 Å². The molecule has 186 valence electrons. The number of nitrogens with one attached hydrogen (secondary N) is 2. The van der Waals surface area contributed by atoms with Crippen molar-refractivity contribution in [3.8, 4) is 0 Å². The summed E-state index contributed by atoms with van der Waals surface area (Å²) in [5.74, 6) is -0.279. The zero-order valence-corrected chi connectivity index (χ0v) is 21.2. The van der Waals surface area contributed by atoms with Gasteiger partial charge in [0.15, 0.2) is 0 Å². The minimum atomic E-state index is -3.75. The fourth-order valence-corrected chi connectivity index (χ4v) is 6.35. The molecule has 35 heavy (non-hydrogen) atoms. The molecule has 1 saturated carbocycles. The van der Waals surface area contributed by atoms with Crippen molar-refractivity contribution in [2.45, 2.75) is 49.5 Å². The van der Waals surface area contributed by atoms with Crippen LogP contribution in [0.15, 0.2) is 65.7 Å². The molecular formula is C26H31ClN4O3S. The van der Waals surface area contributed by atoms with Gasteiger partial charge in [0.2, 0.25) is 15.9 Å². The first-order chi connectivity index (χ1) is 16.9. The Morgan fingerprint density at radius 1 is 1.03 bits per heavy atom. The number of pyridine rings is 1. The monoisotopic (exact) mass is 514 g/mol. The first kappa shape index (κ1) is 25.4. The molecule has 4 rings (SSSR count). The van der Waals surface area contributed by atoms with Crippen molar-refractivity contribution >= 4 is 44.1 Å². The Balaban J connectivity index is 1.32. The molecule has 1 aliphatic carbocycles. The molecule has 1 heterocycles. The molecule has 7 nitrogen and oxygen atoms in total. The molecule has 1 fully saturated rings. The molecule has 0 saturated heterocycles. The predicted octanol–water partition coefficient (Wildman–Crippen LogP) is 4.83. The van der Waals surface area contributed by atoms with Crippen molar-refractivity contribution in [2.75, 3.05) is 25.0 Å². The van der Waals surface area contributed by atoms with Crippen LogP contribution in [0.25, 0.3) is 10.9 Å². The van der Waals surface area contributed by atoms with Gasteiger partial charge < -0.3 is 10.6 Å². The maximum Gasteiger partial charge on any atom is 0.243 e. The lowest BCUT2D eigenvalue weighted by Gasteiger charge is -2.33. The molecule has 0 spiro atoms. The van der Waals surface area contributed by atoms with E-state index in [4.69, 9.17) is 11.6 Å². The van der Waals surface area contributed by atoms with E-state index in [9.17, 15) is 13.2 Å². The lowest BCUT2D eigenvalue weighted by molar-refractivity contribution is -0.121. The van der Waals surface area contributed by atoms with Gasteiger partial charge >= 0.3 is 0 Å². The second-order valence-electron chi connectivity index (χ2n) is 8.81. The molecule has 0 unspecified atom stereocenters. The van der Waals surface area contributed by atoms with Gasteiger partial charge in [0, 0.05) is 41.4 Å². The SMILES string of the molecule is O=C(CN(C1CCCCC1)S(=O)(=O)c1ccccc1)NCCCNc1ccnc2cc(Cl)ccc12. The average molecular weight is 515 g/mol. The van der Waals surface area contributed by atoms with E-state index in [0.29, 0.717) is 24.5 Å². The van der Waals surface area contributed by atoms with Crippen LogP contribution in [-0.2, 0) is 14.8 Å². The Morgan fingerprint density at radius 2 is 1.80 bits per heavy atom. The maximum atomic E-state index is 13.4. The lowest BCUT2D eigenvalue weighted by Crippen LogP contribution is -2.47. The highest BCUT2D eigenvalue weighted by Crippen LogP contribution is 2.28. The Morgan fingerprint density at radius 3 is 2.57 bits per heavy atom. The van der Waals surface area contributed by atoms with E-state index in [1.54, 1.807) is 36.5 Å². The summed E-state index contributed by atoms with van der Waals surface area (Å²) in [6, 6.07) is 15.7. The number of sulfonamides is 1. The molecular weight excluding hydrogens is 484 g/mol. The molecule has 1 amide bonds. The zero-order chi connectivity index (χ0) is 24.7. The Hall–Kier alpha value is -2.68. The van der Waals surface area contributed by atoms with Gasteiger partial charge in [-0.15, -0.1) is 0 Å². The number of carbonyl (C=O) groups excluding carboxylic acids is 1. The first-order valence-corrected chi connectivity index (χ1v) is 13.9. The zero-order valence-electron chi connectivity index (χ0n) is 19.6. The van der Waals surface area contributed by atoms with Gasteiger partial charge in [-0.25, -0.2) is 8.42 Å². The Kier molecular flexibility index (Phi) is 8.59. The molecule has 9 heteroatoms. The average Bonchev–Trinajstić information content (AvgIpc) is 2.88. The fraction of sp³-hybridized carbons (Fsp3) is 0.385. The third-order valence-electron chi connectivity index (χ3n) is 6.33. The quantitative estimate of drug-likeness (QED) is 0.378. The molecule has 0 atom stereocenters. The predicted molar refractivity (Wildman–Crippen MR) is 140 cm³/mol. The van der Waals surface area contributed by atoms with Crippen LogP contribution >= 0.6 is 11.6 Å². The molecule has 0 radical (unpaired) electrons. The van der Waals surface area contributed by atoms with Crippen molar-refractivity contribution in [2.24, 2.45) is 0 Å². The topological polar surface area (TPSA) is 91.4 Å². The minimum absolute atomic E-state index is 0.144. The Labute approximate surface area is 211 Å². The largest absolute Gasteiger partial charge is 0.384 e. The van der Waals surface area contributed by atoms with Crippen molar-refractivity contribution in [3.63, 3.8) is 0 Å². The normalized spacial score (nSPS) is 14.8. The third kappa shape index (κ3) is 6.51. The van der Waals surface area contributed by atoms with Crippen LogP contribution in [0.2, 0.25) is 5.02 Å². The summed E-state index contributed by atoms with van der Waals surface area (Å²) in [7, 11) is -3.75. The number of hydrogen-bond donors (Lipinski definition) is 2. The number of halogens is 1. The van der Waals surface area contributed by atoms with Crippen LogP contribution in [0.5, 0.6) is 0 Å². The van der Waals surface area contributed by atoms with Gasteiger partial charge in [0.25, 0.3) is 0 Å². The number of carbonyl (C=O) groups is 1. The number of rotatable bonds is 10. The van der Waals surface area contributed by atoms with Gasteiger partial charge in [-0.05, 0) is 55.7 Å². The molecule has 0 aliphatic heterocycles. The van der Waals surface area contributed by atoms with E-state index in [2.05, 4.69) is 15.6 Å². The Bertz CT molecular complexity index is 1250. The third-order valence-corrected chi connectivity index (χ3v) is 8.47. The van der Waals surface area contributed by atoms with Crippen LogP contribution < -0.4 is 10.6 Å². The number of hydrogen-bond acceptors (Lipinski definition) is 5. The molecule has 2 aromatic carbocycles. The van der Waals surface area contributed by atoms with Crippen molar-refractivity contribution in [3.05, 3.63) is 65.8 Å². The summed E-state index contributed by atoms with van der Waals surface area (Å²) in [6.45, 7) is 0.937. The minimum Gasteiger partial charge on any atom is -0.384 e. The van der Waals surface area contributed by atoms with Gasteiger partial charge in [-0.2, -0.15) is 4.31 Å². The van der Waals surface area contributed by atoms with E-state index in [-0.39, 0.29) is 23.4 Å². The molecule has 1 aliphatic rings. The number of aromatic nitrogens is 1. The highest BCUT2D eigenvalue weighted by molar-refractivity contribution is 7.89. The van der Waals surface area contributed by atoms with Crippen molar-refractivity contribution < 1.29 is 13.2 Å². The molecule has 0 bridgehead atoms. The number of anilines is 1. The van der Waals surface area contributed by atoms with Crippen LogP contribution in [-0.4, -0.2) is 49.3 Å². The summed E-state index contributed by atoms with van der Waals surface area (Å²) in [4.78, 5) is 17.3. The van der Waals surface area contributed by atoms with Crippen molar-refractivity contribution in [1.82, 2.24) is 14.6 Å². The highest BCUT2D eigenvalue weighted by atomic mass is 35.5. The summed E-state index contributed by atoms with van der Waals surface area (Å²) < 4.78 is 28.1. The van der Waals surface area contributed by atoms with Gasteiger partial charge in [-0.3, -0.25) is 9.78 Å². The highest BCUT2D eigenvalue weighted by Gasteiger charge is 2.33.